The second kappa shape index (κ2) is 7.17. The summed E-state index contributed by atoms with van der Waals surface area (Å²) in [6, 6.07) is 7.17. The molecular formula is C12H14ClN3OS. The van der Waals surface area contributed by atoms with Crippen molar-refractivity contribution < 1.29 is 4.74 Å². The van der Waals surface area contributed by atoms with Gasteiger partial charge in [0.2, 0.25) is 0 Å². The summed E-state index contributed by atoms with van der Waals surface area (Å²) in [4.78, 5) is 0. The minimum atomic E-state index is 0.115. The van der Waals surface area contributed by atoms with Crippen LogP contribution in [0, 0.1) is 11.3 Å². The summed E-state index contributed by atoms with van der Waals surface area (Å²) in [5, 5.41) is 15.7. The Morgan fingerprint density at radius 1 is 1.61 bits per heavy atom. The van der Waals surface area contributed by atoms with Gasteiger partial charge >= 0.3 is 0 Å². The van der Waals surface area contributed by atoms with Crippen LogP contribution in [0.4, 0.5) is 5.69 Å². The zero-order valence-corrected chi connectivity index (χ0v) is 11.7. The highest BCUT2D eigenvalue weighted by molar-refractivity contribution is 7.80. The van der Waals surface area contributed by atoms with Gasteiger partial charge in [0, 0.05) is 18.8 Å². The van der Waals surface area contributed by atoms with Gasteiger partial charge in [-0.2, -0.15) is 5.26 Å². The summed E-state index contributed by atoms with van der Waals surface area (Å²) in [5.74, 6) is 0. The molecule has 1 aromatic rings. The number of rotatable bonds is 4. The van der Waals surface area contributed by atoms with E-state index in [0.29, 0.717) is 22.3 Å². The average molecular weight is 284 g/mol. The molecule has 0 spiro atoms. The Labute approximate surface area is 117 Å². The number of hydrogen-bond donors (Lipinski definition) is 2. The van der Waals surface area contributed by atoms with Gasteiger partial charge in [0.15, 0.2) is 5.11 Å². The Morgan fingerprint density at radius 3 is 2.89 bits per heavy atom. The Kier molecular flexibility index (Phi) is 5.86. The van der Waals surface area contributed by atoms with Crippen molar-refractivity contribution in [2.24, 2.45) is 0 Å². The van der Waals surface area contributed by atoms with E-state index < -0.39 is 0 Å². The number of ether oxygens (including phenoxy) is 1. The normalized spacial score (nSPS) is 11.4. The molecule has 4 nitrogen and oxygen atoms in total. The number of nitrogens with zero attached hydrogens (tertiary/aromatic N) is 1. The van der Waals surface area contributed by atoms with E-state index in [4.69, 9.17) is 33.8 Å². The van der Waals surface area contributed by atoms with Gasteiger partial charge < -0.3 is 15.4 Å². The number of benzene rings is 1. The van der Waals surface area contributed by atoms with Gasteiger partial charge in [0.25, 0.3) is 0 Å². The van der Waals surface area contributed by atoms with Gasteiger partial charge in [-0.15, -0.1) is 0 Å². The highest BCUT2D eigenvalue weighted by atomic mass is 35.5. The standard InChI is InChI=1S/C12H14ClN3OS/c1-8(7-17-2)15-12(18)16-10-4-3-9(6-14)11(13)5-10/h3-5,8H,7H2,1-2H3,(H2,15,16,18). The fourth-order valence-electron chi connectivity index (χ4n) is 1.37. The van der Waals surface area contributed by atoms with E-state index in [1.165, 1.54) is 0 Å². The predicted molar refractivity (Wildman–Crippen MR) is 76.9 cm³/mol. The number of hydrogen-bond acceptors (Lipinski definition) is 3. The molecule has 0 heterocycles. The maximum absolute atomic E-state index is 8.76. The van der Waals surface area contributed by atoms with E-state index in [0.717, 1.165) is 5.69 Å². The van der Waals surface area contributed by atoms with Crippen molar-refractivity contribution in [1.82, 2.24) is 5.32 Å². The summed E-state index contributed by atoms with van der Waals surface area (Å²) in [6.07, 6.45) is 0. The fourth-order valence-corrected chi connectivity index (χ4v) is 1.91. The molecule has 1 atom stereocenters. The molecule has 0 bridgehead atoms. The van der Waals surface area contributed by atoms with Crippen molar-refractivity contribution >= 4 is 34.6 Å². The molecule has 0 saturated heterocycles. The number of nitriles is 1. The lowest BCUT2D eigenvalue weighted by Crippen LogP contribution is -2.38. The molecule has 0 aliphatic rings. The summed E-state index contributed by atoms with van der Waals surface area (Å²) in [7, 11) is 1.63. The van der Waals surface area contributed by atoms with Crippen LogP contribution >= 0.6 is 23.8 Å². The van der Waals surface area contributed by atoms with Crippen LogP contribution in [0.3, 0.4) is 0 Å². The maximum atomic E-state index is 8.76. The molecule has 18 heavy (non-hydrogen) atoms. The molecule has 0 fully saturated rings. The molecule has 0 amide bonds. The van der Waals surface area contributed by atoms with Crippen molar-refractivity contribution in [2.45, 2.75) is 13.0 Å². The molecule has 0 radical (unpaired) electrons. The zero-order valence-electron chi connectivity index (χ0n) is 10.2. The third kappa shape index (κ3) is 4.49. The first-order chi connectivity index (χ1) is 8.56. The first kappa shape index (κ1) is 14.7. The quantitative estimate of drug-likeness (QED) is 0.832. The van der Waals surface area contributed by atoms with Crippen LogP contribution in [-0.2, 0) is 4.74 Å². The van der Waals surface area contributed by atoms with Crippen LogP contribution in [0.1, 0.15) is 12.5 Å². The van der Waals surface area contributed by atoms with Gasteiger partial charge in [-0.05, 0) is 37.3 Å². The largest absolute Gasteiger partial charge is 0.383 e. The van der Waals surface area contributed by atoms with Gasteiger partial charge in [0.1, 0.15) is 6.07 Å². The van der Waals surface area contributed by atoms with Crippen molar-refractivity contribution in [3.05, 3.63) is 28.8 Å². The highest BCUT2D eigenvalue weighted by Crippen LogP contribution is 2.20. The van der Waals surface area contributed by atoms with Crippen molar-refractivity contribution in [3.8, 4) is 6.07 Å². The second-order valence-corrected chi connectivity index (χ2v) is 4.58. The minimum absolute atomic E-state index is 0.115. The lowest BCUT2D eigenvalue weighted by molar-refractivity contribution is 0.179. The number of anilines is 1. The first-order valence-corrected chi connectivity index (χ1v) is 6.11. The molecule has 1 aromatic carbocycles. The van der Waals surface area contributed by atoms with Gasteiger partial charge in [-0.3, -0.25) is 0 Å². The van der Waals surface area contributed by atoms with E-state index >= 15 is 0 Å². The molecule has 0 aromatic heterocycles. The summed E-state index contributed by atoms with van der Waals surface area (Å²) < 4.78 is 5.00. The topological polar surface area (TPSA) is 57.1 Å². The molecule has 1 rings (SSSR count). The summed E-state index contributed by atoms with van der Waals surface area (Å²) in [6.45, 7) is 2.53. The van der Waals surface area contributed by atoms with Crippen molar-refractivity contribution in [3.63, 3.8) is 0 Å². The van der Waals surface area contributed by atoms with Crippen LogP contribution in [0.2, 0.25) is 5.02 Å². The predicted octanol–water partition coefficient (Wildman–Crippen LogP) is 2.53. The Hall–Kier alpha value is -1.35. The lowest BCUT2D eigenvalue weighted by atomic mass is 10.2. The highest BCUT2D eigenvalue weighted by Gasteiger charge is 2.05. The zero-order chi connectivity index (χ0) is 13.5. The molecular weight excluding hydrogens is 270 g/mol. The molecule has 1 unspecified atom stereocenters. The number of thiocarbonyl (C=S) groups is 1. The SMILES string of the molecule is COCC(C)NC(=S)Nc1ccc(C#N)c(Cl)c1. The van der Waals surface area contributed by atoms with Crippen LogP contribution < -0.4 is 10.6 Å². The molecule has 0 saturated carbocycles. The molecule has 96 valence electrons. The van der Waals surface area contributed by atoms with Crippen molar-refractivity contribution in [2.75, 3.05) is 19.0 Å². The molecule has 6 heteroatoms. The van der Waals surface area contributed by atoms with Crippen LogP contribution in [0.15, 0.2) is 18.2 Å². The Morgan fingerprint density at radius 2 is 2.33 bits per heavy atom. The minimum Gasteiger partial charge on any atom is -0.383 e. The Bertz CT molecular complexity index is 473. The van der Waals surface area contributed by atoms with Crippen LogP contribution in [-0.4, -0.2) is 24.9 Å². The second-order valence-electron chi connectivity index (χ2n) is 3.76. The van der Waals surface area contributed by atoms with Crippen LogP contribution in [0.25, 0.3) is 0 Å². The number of nitrogens with one attached hydrogen (secondary N) is 2. The molecule has 2 N–H and O–H groups in total. The lowest BCUT2D eigenvalue weighted by Gasteiger charge is -2.16. The summed E-state index contributed by atoms with van der Waals surface area (Å²) in [5.41, 5.74) is 1.18. The monoisotopic (exact) mass is 283 g/mol. The van der Waals surface area contributed by atoms with Crippen molar-refractivity contribution in [1.29, 1.82) is 5.26 Å². The molecule has 0 aliphatic heterocycles. The van der Waals surface area contributed by atoms with E-state index in [1.807, 2.05) is 13.0 Å². The third-order valence-corrected chi connectivity index (χ3v) is 2.67. The van der Waals surface area contributed by atoms with E-state index in [1.54, 1.807) is 25.3 Å². The number of methoxy groups -OCH3 is 1. The van der Waals surface area contributed by atoms with E-state index in [-0.39, 0.29) is 6.04 Å². The smallest absolute Gasteiger partial charge is 0.171 e. The van der Waals surface area contributed by atoms with E-state index in [2.05, 4.69) is 10.6 Å². The van der Waals surface area contributed by atoms with Crippen LogP contribution in [0.5, 0.6) is 0 Å². The fraction of sp³-hybridized carbons (Fsp3) is 0.333. The summed E-state index contributed by atoms with van der Waals surface area (Å²) >= 11 is 11.1. The maximum Gasteiger partial charge on any atom is 0.171 e. The molecule has 0 aliphatic carbocycles. The van der Waals surface area contributed by atoms with Gasteiger partial charge in [-0.1, -0.05) is 11.6 Å². The number of halogens is 1. The average Bonchev–Trinajstić information content (AvgIpc) is 2.29. The third-order valence-electron chi connectivity index (χ3n) is 2.14. The van der Waals surface area contributed by atoms with E-state index in [9.17, 15) is 0 Å². The first-order valence-electron chi connectivity index (χ1n) is 5.33. The van der Waals surface area contributed by atoms with Gasteiger partial charge in [0.05, 0.1) is 17.2 Å². The Balaban J connectivity index is 2.60. The van der Waals surface area contributed by atoms with Gasteiger partial charge in [-0.25, -0.2) is 0 Å².